The fourth-order valence-electron chi connectivity index (χ4n) is 18.7. The molecular formula is C102H57N3OS5. The SMILES string of the molecule is c1ccc2c(c1)oc1ccc(-n3c4ccccc4c4c5ccccc5c5c6ccccc6sc5c43)cc12.c1ccc2c(c1)sc1cc(-n3c4ccccc4c4c5ccccc5c5c6ccccc6sc5c43)ccc12.c1ccc2c(c1)sc1ccc(-n3c4ccccc4c4c5sc6ccccc6c5c5ccccc5c43)cc12. The average Bonchev–Trinajstić information content (AvgIpc) is 1.55. The van der Waals surface area contributed by atoms with E-state index in [9.17, 15) is 0 Å². The first kappa shape index (κ1) is 62.0. The van der Waals surface area contributed by atoms with Crippen LogP contribution in [0.25, 0.3) is 238 Å². The van der Waals surface area contributed by atoms with E-state index in [-0.39, 0.29) is 0 Å². The number of fused-ring (bicyclic) bond motifs is 39. The number of thiophene rings is 5. The van der Waals surface area contributed by atoms with Crippen LogP contribution in [0.5, 0.6) is 0 Å². The van der Waals surface area contributed by atoms with Crippen molar-refractivity contribution in [1.82, 2.24) is 13.7 Å². The first-order valence-corrected chi connectivity index (χ1v) is 41.7. The smallest absolute Gasteiger partial charge is 0.135 e. The minimum atomic E-state index is 0.920. The van der Waals surface area contributed by atoms with Gasteiger partial charge in [0.25, 0.3) is 0 Å². The minimum Gasteiger partial charge on any atom is -0.456 e. The number of para-hydroxylation sites is 4. The molecule has 9 heterocycles. The zero-order valence-electron chi connectivity index (χ0n) is 59.2. The van der Waals surface area contributed by atoms with E-state index in [2.05, 4.69) is 347 Å². The van der Waals surface area contributed by atoms with Gasteiger partial charge in [0.1, 0.15) is 11.2 Å². The van der Waals surface area contributed by atoms with E-state index in [1.165, 1.54) is 210 Å². The Hall–Kier alpha value is -13.0. The highest BCUT2D eigenvalue weighted by molar-refractivity contribution is 7.28. The summed E-state index contributed by atoms with van der Waals surface area (Å²) in [7, 11) is 0. The number of hydrogen-bond acceptors (Lipinski definition) is 6. The quantitative estimate of drug-likeness (QED) is 0.173. The van der Waals surface area contributed by atoms with Gasteiger partial charge in [0.05, 0.1) is 42.5 Å². The van der Waals surface area contributed by atoms with Crippen molar-refractivity contribution in [2.24, 2.45) is 0 Å². The maximum absolute atomic E-state index is 6.16. The lowest BCUT2D eigenvalue weighted by Crippen LogP contribution is -1.94. The summed E-state index contributed by atoms with van der Waals surface area (Å²) >= 11 is 9.50. The highest BCUT2D eigenvalue weighted by atomic mass is 32.1. The standard InChI is InChI=1S/C34H19NOS.2C34H19NS2/c1-2-11-23-22(10-1)31-24-12-3-6-14-27(24)35(33(31)34-32(23)25-13-5-8-16-30(25)37-34)20-17-18-29-26(19-20)21-9-4-7-15-28(21)36-29;1-2-11-24-23(10-1)31-25-12-3-6-14-27(25)35(33(31)34-32(24)26-13-5-8-16-29(26)37-34)20-17-18-22-21-9-4-7-15-28(21)36-30(22)19-20;1-2-11-23-22(10-1)31-25-13-5-8-16-29(25)37-34(31)32-24-12-3-6-14-27(24)35(33(23)32)20-17-18-30-26(19-20)21-9-4-7-15-28(21)36-30/h3*1-19H. The topological polar surface area (TPSA) is 27.9 Å². The minimum absolute atomic E-state index is 0.920. The number of benzene rings is 18. The van der Waals surface area contributed by atoms with Gasteiger partial charge >= 0.3 is 0 Å². The molecule has 0 aliphatic rings. The molecule has 27 aromatic rings. The number of rotatable bonds is 3. The molecule has 0 aliphatic heterocycles. The molecule has 0 radical (unpaired) electrons. The van der Waals surface area contributed by atoms with Crippen LogP contribution in [0.3, 0.4) is 0 Å². The second kappa shape index (κ2) is 23.8. The lowest BCUT2D eigenvalue weighted by atomic mass is 9.99. The molecule has 0 fully saturated rings. The van der Waals surface area contributed by atoms with Crippen molar-refractivity contribution in [2.45, 2.75) is 0 Å². The highest BCUT2D eigenvalue weighted by Gasteiger charge is 2.27. The van der Waals surface area contributed by atoms with Gasteiger partial charge in [-0.15, -0.1) is 56.7 Å². The van der Waals surface area contributed by atoms with Gasteiger partial charge in [-0.25, -0.2) is 0 Å². The molecule has 0 atom stereocenters. The zero-order valence-corrected chi connectivity index (χ0v) is 63.3. The molecule has 0 spiro atoms. The van der Waals surface area contributed by atoms with E-state index in [0.717, 1.165) is 27.6 Å². The summed E-state index contributed by atoms with van der Waals surface area (Å²) in [6, 6.07) is 126. The zero-order chi connectivity index (χ0) is 72.3. The number of furan rings is 1. The molecule has 27 rings (SSSR count). The number of aromatic nitrogens is 3. The third-order valence-corrected chi connectivity index (χ3v) is 29.1. The van der Waals surface area contributed by atoms with Crippen molar-refractivity contribution < 1.29 is 4.42 Å². The maximum atomic E-state index is 6.16. The van der Waals surface area contributed by atoms with Gasteiger partial charge in [-0.05, 0) is 130 Å². The molecule has 0 amide bonds. The van der Waals surface area contributed by atoms with Crippen molar-refractivity contribution in [1.29, 1.82) is 0 Å². The number of hydrogen-bond donors (Lipinski definition) is 0. The lowest BCUT2D eigenvalue weighted by molar-refractivity contribution is 0.669. The van der Waals surface area contributed by atoms with Gasteiger partial charge in [-0.2, -0.15) is 0 Å². The Bertz CT molecular complexity index is 8690. The summed E-state index contributed by atoms with van der Waals surface area (Å²) < 4.78 is 27.1. The highest BCUT2D eigenvalue weighted by Crippen LogP contribution is 2.53. The normalized spacial score (nSPS) is 12.3. The summed E-state index contributed by atoms with van der Waals surface area (Å²) in [6.45, 7) is 0. The molecule has 0 saturated heterocycles. The Morgan fingerprint density at radius 2 is 0.486 bits per heavy atom. The molecule has 0 N–H and O–H groups in total. The monoisotopic (exact) mass is 1500 g/mol. The summed E-state index contributed by atoms with van der Waals surface area (Å²) in [4.78, 5) is 0. The fraction of sp³-hybridized carbons (Fsp3) is 0. The summed E-state index contributed by atoms with van der Waals surface area (Å²) in [6.07, 6.45) is 0. The predicted molar refractivity (Wildman–Crippen MR) is 487 cm³/mol. The third-order valence-electron chi connectivity index (χ3n) is 23.3. The molecule has 0 bridgehead atoms. The second-order valence-corrected chi connectivity index (χ2v) is 34.4. The molecule has 9 heteroatoms. The van der Waals surface area contributed by atoms with Gasteiger partial charge < -0.3 is 18.1 Å². The second-order valence-electron chi connectivity index (χ2n) is 29.1. The maximum Gasteiger partial charge on any atom is 0.135 e. The Balaban J connectivity index is 0.0000000947. The van der Waals surface area contributed by atoms with E-state index in [1.54, 1.807) is 0 Å². The van der Waals surface area contributed by atoms with Crippen molar-refractivity contribution in [3.8, 4) is 17.1 Å². The van der Waals surface area contributed by atoms with E-state index < -0.39 is 0 Å². The fourth-order valence-corrected chi connectivity index (χ4v) is 24.8. The van der Waals surface area contributed by atoms with E-state index in [1.807, 2.05) is 68.8 Å². The van der Waals surface area contributed by atoms with Crippen LogP contribution in [-0.4, -0.2) is 13.7 Å². The number of nitrogens with zero attached hydrogens (tertiary/aromatic N) is 3. The van der Waals surface area contributed by atoms with Crippen LogP contribution >= 0.6 is 56.7 Å². The van der Waals surface area contributed by atoms with Crippen molar-refractivity contribution in [3.63, 3.8) is 0 Å². The van der Waals surface area contributed by atoms with Gasteiger partial charge in [-0.1, -0.05) is 243 Å². The molecule has 0 saturated carbocycles. The van der Waals surface area contributed by atoms with Gasteiger partial charge in [0.15, 0.2) is 0 Å². The average molecular weight is 1500 g/mol. The van der Waals surface area contributed by atoms with Gasteiger partial charge in [0, 0.05) is 157 Å². The van der Waals surface area contributed by atoms with Crippen LogP contribution in [0, 0.1) is 0 Å². The molecule has 516 valence electrons. The summed E-state index contributed by atoms with van der Waals surface area (Å²) in [5.74, 6) is 0. The third kappa shape index (κ3) is 8.89. The first-order valence-electron chi connectivity index (χ1n) is 37.6. The van der Waals surface area contributed by atoms with Crippen molar-refractivity contribution in [2.75, 3.05) is 0 Å². The molecule has 9 aromatic heterocycles. The molecule has 0 aliphatic carbocycles. The molecule has 111 heavy (non-hydrogen) atoms. The molecule has 4 nitrogen and oxygen atoms in total. The van der Waals surface area contributed by atoms with E-state index in [0.29, 0.717) is 0 Å². The van der Waals surface area contributed by atoms with Crippen LogP contribution in [0.1, 0.15) is 0 Å². The molecule has 0 unspecified atom stereocenters. The molecule has 18 aromatic carbocycles. The van der Waals surface area contributed by atoms with Crippen LogP contribution in [0.4, 0.5) is 0 Å². The van der Waals surface area contributed by atoms with Crippen LogP contribution in [-0.2, 0) is 0 Å². The van der Waals surface area contributed by atoms with Crippen LogP contribution < -0.4 is 0 Å². The van der Waals surface area contributed by atoms with Gasteiger partial charge in [0.2, 0.25) is 0 Å². The Kier molecular flexibility index (Phi) is 13.3. The first-order chi connectivity index (χ1) is 55.1. The van der Waals surface area contributed by atoms with Gasteiger partial charge in [-0.3, -0.25) is 0 Å². The van der Waals surface area contributed by atoms with E-state index in [4.69, 9.17) is 4.42 Å². The summed E-state index contributed by atoms with van der Waals surface area (Å²) in [5.41, 5.74) is 13.1. The predicted octanol–water partition coefficient (Wildman–Crippen LogP) is 31.5. The van der Waals surface area contributed by atoms with Crippen molar-refractivity contribution in [3.05, 3.63) is 346 Å². The summed E-state index contributed by atoms with van der Waals surface area (Å²) in [5, 5.41) is 31.6. The Labute approximate surface area is 652 Å². The Morgan fingerprint density at radius 3 is 1.02 bits per heavy atom. The van der Waals surface area contributed by atoms with Crippen LogP contribution in [0.2, 0.25) is 0 Å². The largest absolute Gasteiger partial charge is 0.456 e. The van der Waals surface area contributed by atoms with Crippen LogP contribution in [0.15, 0.2) is 350 Å². The molecular weight excluding hydrogens is 1440 g/mol. The Morgan fingerprint density at radius 1 is 0.171 bits per heavy atom. The van der Waals surface area contributed by atoms with E-state index >= 15 is 0 Å². The lowest BCUT2D eigenvalue weighted by Gasteiger charge is -2.11. The van der Waals surface area contributed by atoms with Crippen molar-refractivity contribution >= 4 is 277 Å².